The maximum absolute atomic E-state index is 11.3. The van der Waals surface area contributed by atoms with Crippen LogP contribution in [0, 0.1) is 0 Å². The summed E-state index contributed by atoms with van der Waals surface area (Å²) in [6.07, 6.45) is 0.325. The number of nitrogens with two attached hydrogens (primary N) is 1. The van der Waals surface area contributed by atoms with E-state index in [0.717, 1.165) is 5.56 Å². The fourth-order valence-corrected chi connectivity index (χ4v) is 1.63. The van der Waals surface area contributed by atoms with Crippen LogP contribution in [0.2, 0.25) is 0 Å². The van der Waals surface area contributed by atoms with Crippen molar-refractivity contribution >= 4 is 5.91 Å². The Balaban J connectivity index is 2.60. The SMILES string of the molecule is CCNC(=O)CCOc1ccc([C@H](C)N)cc1OC. The number of nitrogens with one attached hydrogen (secondary N) is 1. The van der Waals surface area contributed by atoms with Crippen molar-refractivity contribution in [3.05, 3.63) is 23.8 Å². The molecule has 0 aliphatic carbocycles. The number of amides is 1. The zero-order valence-corrected chi connectivity index (χ0v) is 11.7. The lowest BCUT2D eigenvalue weighted by molar-refractivity contribution is -0.121. The van der Waals surface area contributed by atoms with Gasteiger partial charge >= 0.3 is 0 Å². The van der Waals surface area contributed by atoms with Crippen molar-refractivity contribution < 1.29 is 14.3 Å². The summed E-state index contributed by atoms with van der Waals surface area (Å²) >= 11 is 0. The molecule has 19 heavy (non-hydrogen) atoms. The highest BCUT2D eigenvalue weighted by atomic mass is 16.5. The van der Waals surface area contributed by atoms with E-state index in [1.165, 1.54) is 0 Å². The Morgan fingerprint density at radius 1 is 1.42 bits per heavy atom. The Morgan fingerprint density at radius 2 is 2.16 bits per heavy atom. The van der Waals surface area contributed by atoms with Crippen molar-refractivity contribution in [3.8, 4) is 11.5 Å². The van der Waals surface area contributed by atoms with Gasteiger partial charge in [-0.25, -0.2) is 0 Å². The van der Waals surface area contributed by atoms with Crippen molar-refractivity contribution in [1.82, 2.24) is 5.32 Å². The zero-order chi connectivity index (χ0) is 14.3. The Labute approximate surface area is 114 Å². The van der Waals surface area contributed by atoms with Crippen LogP contribution in [0.5, 0.6) is 11.5 Å². The largest absolute Gasteiger partial charge is 0.493 e. The summed E-state index contributed by atoms with van der Waals surface area (Å²) in [5.74, 6) is 1.23. The summed E-state index contributed by atoms with van der Waals surface area (Å²) in [5.41, 5.74) is 6.79. The number of carbonyl (C=O) groups excluding carboxylic acids is 1. The number of ether oxygens (including phenoxy) is 2. The highest BCUT2D eigenvalue weighted by Crippen LogP contribution is 2.29. The van der Waals surface area contributed by atoms with Gasteiger partial charge in [-0.15, -0.1) is 0 Å². The highest BCUT2D eigenvalue weighted by Gasteiger charge is 2.08. The fraction of sp³-hybridized carbons (Fsp3) is 0.500. The van der Waals surface area contributed by atoms with Crippen LogP contribution in [0.15, 0.2) is 18.2 Å². The van der Waals surface area contributed by atoms with Gasteiger partial charge in [0.05, 0.1) is 20.1 Å². The molecule has 0 spiro atoms. The molecule has 0 fully saturated rings. The van der Waals surface area contributed by atoms with E-state index < -0.39 is 0 Å². The normalized spacial score (nSPS) is 11.8. The molecule has 0 heterocycles. The molecule has 1 aromatic carbocycles. The van der Waals surface area contributed by atoms with Crippen molar-refractivity contribution in [2.45, 2.75) is 26.3 Å². The van der Waals surface area contributed by atoms with E-state index in [1.54, 1.807) is 7.11 Å². The van der Waals surface area contributed by atoms with E-state index in [0.29, 0.717) is 31.1 Å². The molecule has 0 aromatic heterocycles. The second-order valence-electron chi connectivity index (χ2n) is 4.25. The molecule has 1 aromatic rings. The minimum atomic E-state index is -0.0571. The Bertz CT molecular complexity index is 419. The smallest absolute Gasteiger partial charge is 0.223 e. The van der Waals surface area contributed by atoms with Crippen molar-refractivity contribution in [2.75, 3.05) is 20.3 Å². The third kappa shape index (κ3) is 4.79. The van der Waals surface area contributed by atoms with Crippen LogP contribution in [0.25, 0.3) is 0 Å². The molecule has 1 amide bonds. The van der Waals surface area contributed by atoms with Gasteiger partial charge < -0.3 is 20.5 Å². The summed E-state index contributed by atoms with van der Waals surface area (Å²) in [7, 11) is 1.58. The van der Waals surface area contributed by atoms with E-state index in [1.807, 2.05) is 32.0 Å². The van der Waals surface area contributed by atoms with Crippen LogP contribution in [-0.2, 0) is 4.79 Å². The van der Waals surface area contributed by atoms with E-state index in [2.05, 4.69) is 5.32 Å². The lowest BCUT2D eigenvalue weighted by Gasteiger charge is -2.13. The number of carbonyl (C=O) groups is 1. The summed E-state index contributed by atoms with van der Waals surface area (Å²) < 4.78 is 10.8. The maximum atomic E-state index is 11.3. The molecule has 5 nitrogen and oxygen atoms in total. The van der Waals surface area contributed by atoms with E-state index in [9.17, 15) is 4.79 Å². The van der Waals surface area contributed by atoms with Gasteiger partial charge in [0.15, 0.2) is 11.5 Å². The second kappa shape index (κ2) is 7.63. The third-order valence-electron chi connectivity index (χ3n) is 2.67. The second-order valence-corrected chi connectivity index (χ2v) is 4.25. The Morgan fingerprint density at radius 3 is 2.74 bits per heavy atom. The quantitative estimate of drug-likeness (QED) is 0.786. The number of hydrogen-bond donors (Lipinski definition) is 2. The molecule has 106 valence electrons. The molecule has 0 saturated heterocycles. The monoisotopic (exact) mass is 266 g/mol. The molecule has 1 rings (SSSR count). The summed E-state index contributed by atoms with van der Waals surface area (Å²) in [6.45, 7) is 4.74. The zero-order valence-electron chi connectivity index (χ0n) is 11.7. The van der Waals surface area contributed by atoms with Gasteiger partial charge in [-0.1, -0.05) is 6.07 Å². The average molecular weight is 266 g/mol. The van der Waals surface area contributed by atoms with Crippen molar-refractivity contribution in [3.63, 3.8) is 0 Å². The van der Waals surface area contributed by atoms with Crippen LogP contribution < -0.4 is 20.5 Å². The number of methoxy groups -OCH3 is 1. The molecule has 0 saturated carbocycles. The molecular weight excluding hydrogens is 244 g/mol. The lowest BCUT2D eigenvalue weighted by Crippen LogP contribution is -2.24. The minimum absolute atomic E-state index is 0.0198. The molecule has 0 aliphatic heterocycles. The van der Waals surface area contributed by atoms with Crippen LogP contribution in [-0.4, -0.2) is 26.2 Å². The molecule has 0 aliphatic rings. The molecule has 1 atom stereocenters. The first kappa shape index (κ1) is 15.3. The first-order valence-electron chi connectivity index (χ1n) is 6.41. The van der Waals surface area contributed by atoms with Gasteiger partial charge in [-0.05, 0) is 31.5 Å². The van der Waals surface area contributed by atoms with Crippen LogP contribution >= 0.6 is 0 Å². The first-order valence-corrected chi connectivity index (χ1v) is 6.41. The van der Waals surface area contributed by atoms with Gasteiger partial charge in [-0.3, -0.25) is 4.79 Å². The van der Waals surface area contributed by atoms with Crippen molar-refractivity contribution in [1.29, 1.82) is 0 Å². The predicted octanol–water partition coefficient (Wildman–Crippen LogP) is 1.62. The standard InChI is InChI=1S/C14H22N2O3/c1-4-16-14(17)7-8-19-12-6-5-11(10(2)15)9-13(12)18-3/h5-6,9-10H,4,7-8,15H2,1-3H3,(H,16,17)/t10-/m0/s1. The minimum Gasteiger partial charge on any atom is -0.493 e. The van der Waals surface area contributed by atoms with E-state index in [4.69, 9.17) is 15.2 Å². The van der Waals surface area contributed by atoms with Gasteiger partial charge in [0.25, 0.3) is 0 Å². The average Bonchev–Trinajstić information content (AvgIpc) is 2.39. The van der Waals surface area contributed by atoms with Crippen LogP contribution in [0.3, 0.4) is 0 Å². The fourth-order valence-electron chi connectivity index (χ4n) is 1.63. The molecular formula is C14H22N2O3. The number of benzene rings is 1. The predicted molar refractivity (Wildman–Crippen MR) is 74.4 cm³/mol. The number of hydrogen-bond acceptors (Lipinski definition) is 4. The summed E-state index contributed by atoms with van der Waals surface area (Å²) in [6, 6.07) is 5.51. The highest BCUT2D eigenvalue weighted by molar-refractivity contribution is 5.75. The molecule has 0 bridgehead atoms. The molecule has 0 radical (unpaired) electrons. The number of rotatable bonds is 7. The maximum Gasteiger partial charge on any atom is 0.223 e. The topological polar surface area (TPSA) is 73.6 Å². The summed E-state index contributed by atoms with van der Waals surface area (Å²) in [4.78, 5) is 11.3. The third-order valence-corrected chi connectivity index (χ3v) is 2.67. The summed E-state index contributed by atoms with van der Waals surface area (Å²) in [5, 5.41) is 2.72. The molecule has 5 heteroatoms. The Kier molecular flexibility index (Phi) is 6.15. The van der Waals surface area contributed by atoms with Crippen LogP contribution in [0.4, 0.5) is 0 Å². The van der Waals surface area contributed by atoms with Gasteiger partial charge in [-0.2, -0.15) is 0 Å². The van der Waals surface area contributed by atoms with Gasteiger partial charge in [0.1, 0.15) is 0 Å². The van der Waals surface area contributed by atoms with E-state index in [-0.39, 0.29) is 11.9 Å². The lowest BCUT2D eigenvalue weighted by atomic mass is 10.1. The molecule has 3 N–H and O–H groups in total. The van der Waals surface area contributed by atoms with E-state index >= 15 is 0 Å². The first-order chi connectivity index (χ1) is 9.08. The van der Waals surface area contributed by atoms with Crippen molar-refractivity contribution in [2.24, 2.45) is 5.73 Å². The molecule has 0 unspecified atom stereocenters. The Hall–Kier alpha value is -1.75. The van der Waals surface area contributed by atoms with Gasteiger partial charge in [0.2, 0.25) is 5.91 Å². The van der Waals surface area contributed by atoms with Gasteiger partial charge in [0, 0.05) is 12.6 Å². The van der Waals surface area contributed by atoms with Crippen LogP contribution in [0.1, 0.15) is 31.9 Å².